The van der Waals surface area contributed by atoms with E-state index in [0.717, 1.165) is 34.6 Å². The summed E-state index contributed by atoms with van der Waals surface area (Å²) < 4.78 is 5.48. The van der Waals surface area contributed by atoms with Gasteiger partial charge < -0.3 is 25.3 Å². The summed E-state index contributed by atoms with van der Waals surface area (Å²) in [5.41, 5.74) is 1.72. The third kappa shape index (κ3) is 4.99. The van der Waals surface area contributed by atoms with E-state index in [1.807, 2.05) is 50.5 Å². The van der Waals surface area contributed by atoms with Crippen LogP contribution in [-0.2, 0) is 4.74 Å². The van der Waals surface area contributed by atoms with Crippen molar-refractivity contribution in [1.82, 2.24) is 20.2 Å². The van der Waals surface area contributed by atoms with Crippen LogP contribution in [0.25, 0.3) is 11.0 Å². The first kappa shape index (κ1) is 21.2. The first-order chi connectivity index (χ1) is 14.8. The highest BCUT2D eigenvalue weighted by atomic mass is 32.1. The van der Waals surface area contributed by atoms with Gasteiger partial charge >= 0.3 is 6.09 Å². The van der Waals surface area contributed by atoms with Crippen molar-refractivity contribution in [3.8, 4) is 0 Å². The van der Waals surface area contributed by atoms with Crippen molar-refractivity contribution in [3.05, 3.63) is 41.5 Å². The van der Waals surface area contributed by atoms with E-state index >= 15 is 0 Å². The molecule has 3 N–H and O–H groups in total. The van der Waals surface area contributed by atoms with Crippen LogP contribution in [-0.4, -0.2) is 51.6 Å². The average Bonchev–Trinajstić information content (AvgIpc) is 3.36. The Hall–Kier alpha value is -3.07. The fourth-order valence-electron chi connectivity index (χ4n) is 3.63. The number of aromatic nitrogens is 2. The molecule has 0 saturated carbocycles. The van der Waals surface area contributed by atoms with Crippen LogP contribution in [0.2, 0.25) is 0 Å². The number of fused-ring (bicyclic) bond motifs is 1. The standard InChI is InChI=1S/C22H27N5O3S/c1-22(2,3)30-21(29)27-11-4-5-14(13-27)25-19(28)16-8-12-31-20(16)26-17-7-10-24-18-15(17)6-9-23-18/h6-10,12,14H,4-5,11,13H2,1-3H3,(H,25,28)(H2,23,24,26). The van der Waals surface area contributed by atoms with Crippen molar-refractivity contribution in [2.24, 2.45) is 0 Å². The number of amides is 2. The van der Waals surface area contributed by atoms with Crippen molar-refractivity contribution in [2.45, 2.75) is 45.3 Å². The van der Waals surface area contributed by atoms with Gasteiger partial charge in [-0.25, -0.2) is 9.78 Å². The summed E-state index contributed by atoms with van der Waals surface area (Å²) in [7, 11) is 0. The van der Waals surface area contributed by atoms with Crippen LogP contribution in [0.4, 0.5) is 15.5 Å². The van der Waals surface area contributed by atoms with Crippen LogP contribution in [0.3, 0.4) is 0 Å². The number of rotatable bonds is 4. The second-order valence-electron chi connectivity index (χ2n) is 8.63. The molecule has 1 fully saturated rings. The van der Waals surface area contributed by atoms with Crippen LogP contribution >= 0.6 is 11.3 Å². The molecule has 1 atom stereocenters. The maximum atomic E-state index is 13.0. The number of hydrogen-bond donors (Lipinski definition) is 3. The number of anilines is 2. The molecular weight excluding hydrogens is 414 g/mol. The molecule has 0 radical (unpaired) electrons. The number of aromatic amines is 1. The molecule has 8 nitrogen and oxygen atoms in total. The average molecular weight is 442 g/mol. The van der Waals surface area contributed by atoms with Gasteiger partial charge in [0.15, 0.2) is 0 Å². The molecule has 1 saturated heterocycles. The van der Waals surface area contributed by atoms with Crippen molar-refractivity contribution in [3.63, 3.8) is 0 Å². The number of nitrogens with zero attached hydrogens (tertiary/aromatic N) is 2. The van der Waals surface area contributed by atoms with Crippen molar-refractivity contribution < 1.29 is 14.3 Å². The van der Waals surface area contributed by atoms with E-state index in [1.54, 1.807) is 11.1 Å². The number of likely N-dealkylation sites (tertiary alicyclic amines) is 1. The number of H-pyrrole nitrogens is 1. The maximum Gasteiger partial charge on any atom is 0.410 e. The molecule has 9 heteroatoms. The number of pyridine rings is 1. The third-order valence-electron chi connectivity index (χ3n) is 5.03. The second kappa shape index (κ2) is 8.58. The lowest BCUT2D eigenvalue weighted by atomic mass is 10.1. The largest absolute Gasteiger partial charge is 0.444 e. The Bertz CT molecular complexity index is 1080. The molecule has 31 heavy (non-hydrogen) atoms. The molecule has 1 aliphatic heterocycles. The summed E-state index contributed by atoms with van der Waals surface area (Å²) in [5, 5.41) is 10.1. The van der Waals surface area contributed by atoms with Gasteiger partial charge in [0, 0.05) is 36.9 Å². The molecule has 1 unspecified atom stereocenters. The van der Waals surface area contributed by atoms with E-state index in [9.17, 15) is 9.59 Å². The van der Waals surface area contributed by atoms with Crippen LogP contribution in [0.1, 0.15) is 44.0 Å². The zero-order chi connectivity index (χ0) is 22.0. The van der Waals surface area contributed by atoms with Gasteiger partial charge in [0.25, 0.3) is 5.91 Å². The molecule has 0 aliphatic carbocycles. The van der Waals surface area contributed by atoms with Gasteiger partial charge in [-0.3, -0.25) is 4.79 Å². The molecule has 3 aromatic heterocycles. The minimum atomic E-state index is -0.539. The molecular formula is C22H27N5O3S. The molecule has 164 valence electrons. The van der Waals surface area contributed by atoms with E-state index in [4.69, 9.17) is 4.74 Å². The Kier molecular flexibility index (Phi) is 5.86. The number of carbonyl (C=O) groups excluding carboxylic acids is 2. The zero-order valence-corrected chi connectivity index (χ0v) is 18.7. The van der Waals surface area contributed by atoms with Crippen LogP contribution in [0.5, 0.6) is 0 Å². The topological polar surface area (TPSA) is 99.3 Å². The van der Waals surface area contributed by atoms with Crippen molar-refractivity contribution in [2.75, 3.05) is 18.4 Å². The Morgan fingerprint density at radius 1 is 1.29 bits per heavy atom. The fourth-order valence-corrected chi connectivity index (χ4v) is 4.42. The van der Waals surface area contributed by atoms with Gasteiger partial charge in [-0.1, -0.05) is 0 Å². The maximum absolute atomic E-state index is 13.0. The molecule has 0 spiro atoms. The summed E-state index contributed by atoms with van der Waals surface area (Å²) in [6.45, 7) is 6.64. The summed E-state index contributed by atoms with van der Waals surface area (Å²) in [6.07, 6.45) is 4.87. The minimum absolute atomic E-state index is 0.112. The number of ether oxygens (including phenoxy) is 1. The van der Waals surface area contributed by atoms with E-state index in [-0.39, 0.29) is 18.0 Å². The Labute approximate surface area is 185 Å². The lowest BCUT2D eigenvalue weighted by Gasteiger charge is -2.34. The van der Waals surface area contributed by atoms with E-state index in [0.29, 0.717) is 18.7 Å². The first-order valence-corrected chi connectivity index (χ1v) is 11.2. The second-order valence-corrected chi connectivity index (χ2v) is 9.54. The molecule has 2 amide bonds. The fraction of sp³-hybridized carbons (Fsp3) is 0.409. The van der Waals surface area contributed by atoms with Crippen LogP contribution in [0.15, 0.2) is 36.0 Å². The Morgan fingerprint density at radius 2 is 2.13 bits per heavy atom. The summed E-state index contributed by atoms with van der Waals surface area (Å²) >= 11 is 1.47. The highest BCUT2D eigenvalue weighted by Gasteiger charge is 2.29. The summed E-state index contributed by atoms with van der Waals surface area (Å²) in [6, 6.07) is 5.54. The lowest BCUT2D eigenvalue weighted by Crippen LogP contribution is -2.50. The minimum Gasteiger partial charge on any atom is -0.444 e. The van der Waals surface area contributed by atoms with Gasteiger partial charge in [-0.05, 0) is 57.2 Å². The number of hydrogen-bond acceptors (Lipinski definition) is 6. The van der Waals surface area contributed by atoms with Gasteiger partial charge in [0.05, 0.1) is 11.3 Å². The number of thiophene rings is 1. The molecule has 0 aromatic carbocycles. The normalized spacial score (nSPS) is 16.9. The summed E-state index contributed by atoms with van der Waals surface area (Å²) in [5.74, 6) is -0.154. The highest BCUT2D eigenvalue weighted by Crippen LogP contribution is 2.30. The van der Waals surface area contributed by atoms with Crippen molar-refractivity contribution >= 4 is 45.1 Å². The first-order valence-electron chi connectivity index (χ1n) is 10.4. The zero-order valence-electron chi connectivity index (χ0n) is 17.9. The number of nitrogens with one attached hydrogen (secondary N) is 3. The molecule has 4 rings (SSSR count). The smallest absolute Gasteiger partial charge is 0.410 e. The van der Waals surface area contributed by atoms with Gasteiger partial charge in [-0.15, -0.1) is 11.3 Å². The third-order valence-corrected chi connectivity index (χ3v) is 5.86. The summed E-state index contributed by atoms with van der Waals surface area (Å²) in [4.78, 5) is 34.5. The quantitative estimate of drug-likeness (QED) is 0.554. The molecule has 1 aliphatic rings. The van der Waals surface area contributed by atoms with Gasteiger partial charge in [0.1, 0.15) is 16.2 Å². The van der Waals surface area contributed by atoms with E-state index in [1.165, 1.54) is 11.3 Å². The number of piperidine rings is 1. The predicted octanol–water partition coefficient (Wildman–Crippen LogP) is 4.50. The van der Waals surface area contributed by atoms with E-state index in [2.05, 4.69) is 20.6 Å². The predicted molar refractivity (Wildman–Crippen MR) is 122 cm³/mol. The Morgan fingerprint density at radius 3 is 2.94 bits per heavy atom. The molecule has 3 aromatic rings. The van der Waals surface area contributed by atoms with Crippen LogP contribution < -0.4 is 10.6 Å². The molecule has 4 heterocycles. The van der Waals surface area contributed by atoms with Crippen LogP contribution in [0, 0.1) is 0 Å². The van der Waals surface area contributed by atoms with Crippen molar-refractivity contribution in [1.29, 1.82) is 0 Å². The SMILES string of the molecule is CC(C)(C)OC(=O)N1CCCC(NC(=O)c2ccsc2Nc2ccnc3[nH]ccc23)C1. The van der Waals surface area contributed by atoms with E-state index < -0.39 is 5.60 Å². The Balaban J connectivity index is 1.42. The number of carbonyl (C=O) groups is 2. The molecule has 0 bridgehead atoms. The monoisotopic (exact) mass is 441 g/mol. The van der Waals surface area contributed by atoms with Gasteiger partial charge in [-0.2, -0.15) is 0 Å². The lowest BCUT2D eigenvalue weighted by molar-refractivity contribution is 0.0185. The highest BCUT2D eigenvalue weighted by molar-refractivity contribution is 7.14. The van der Waals surface area contributed by atoms with Gasteiger partial charge in [0.2, 0.25) is 0 Å².